The van der Waals surface area contributed by atoms with E-state index in [9.17, 15) is 0 Å². The standard InChI is InChI=1S/C17H15N5S/c1-22-9-13-5-11(7-19-16(13)21-22)15-18-8-12-6-14(10-3-2-4-10)23-17(12)20-15/h5-10H,2-4H2,1H3. The molecule has 0 N–H and O–H groups in total. The smallest absolute Gasteiger partial charge is 0.181 e. The summed E-state index contributed by atoms with van der Waals surface area (Å²) < 4.78 is 1.77. The molecule has 0 radical (unpaired) electrons. The van der Waals surface area contributed by atoms with Crippen LogP contribution in [0.2, 0.25) is 0 Å². The quantitative estimate of drug-likeness (QED) is 0.562. The van der Waals surface area contributed by atoms with E-state index in [-0.39, 0.29) is 0 Å². The minimum absolute atomic E-state index is 0.734. The van der Waals surface area contributed by atoms with Crippen molar-refractivity contribution in [2.75, 3.05) is 0 Å². The Labute approximate surface area is 137 Å². The summed E-state index contributed by atoms with van der Waals surface area (Å²) in [4.78, 5) is 16.2. The van der Waals surface area contributed by atoms with Crippen LogP contribution in [0.5, 0.6) is 0 Å². The van der Waals surface area contributed by atoms with Gasteiger partial charge in [0, 0.05) is 46.9 Å². The van der Waals surface area contributed by atoms with Crippen LogP contribution < -0.4 is 0 Å². The van der Waals surface area contributed by atoms with Gasteiger partial charge < -0.3 is 0 Å². The molecule has 6 heteroatoms. The molecule has 1 aliphatic rings. The largest absolute Gasteiger partial charge is 0.273 e. The molecule has 0 unspecified atom stereocenters. The lowest BCUT2D eigenvalue weighted by molar-refractivity contribution is 0.426. The monoisotopic (exact) mass is 321 g/mol. The second-order valence-electron chi connectivity index (χ2n) is 6.17. The zero-order valence-electron chi connectivity index (χ0n) is 12.7. The molecule has 4 aromatic rings. The molecule has 1 fully saturated rings. The van der Waals surface area contributed by atoms with Crippen molar-refractivity contribution in [3.63, 3.8) is 0 Å². The van der Waals surface area contributed by atoms with E-state index in [4.69, 9.17) is 4.98 Å². The Morgan fingerprint density at radius 3 is 2.87 bits per heavy atom. The van der Waals surface area contributed by atoms with Gasteiger partial charge >= 0.3 is 0 Å². The highest BCUT2D eigenvalue weighted by atomic mass is 32.1. The Hall–Kier alpha value is -2.34. The molecule has 5 nitrogen and oxygen atoms in total. The minimum atomic E-state index is 0.734. The molecule has 4 aromatic heterocycles. The Balaban J connectivity index is 1.59. The third-order valence-corrected chi connectivity index (χ3v) is 5.74. The molecular formula is C17H15N5S. The zero-order chi connectivity index (χ0) is 15.4. The SMILES string of the molecule is Cn1cc2cc(-c3ncc4cc(C5CCC5)sc4n3)cnc2n1. The summed E-state index contributed by atoms with van der Waals surface area (Å²) in [5.41, 5.74) is 1.69. The summed E-state index contributed by atoms with van der Waals surface area (Å²) in [6.07, 6.45) is 9.68. The highest BCUT2D eigenvalue weighted by molar-refractivity contribution is 7.18. The topological polar surface area (TPSA) is 56.5 Å². The summed E-state index contributed by atoms with van der Waals surface area (Å²) in [7, 11) is 1.90. The third-order valence-electron chi connectivity index (χ3n) is 4.53. The minimum Gasteiger partial charge on any atom is -0.273 e. The van der Waals surface area contributed by atoms with Crippen LogP contribution in [-0.4, -0.2) is 24.7 Å². The van der Waals surface area contributed by atoms with Crippen molar-refractivity contribution in [1.82, 2.24) is 24.7 Å². The Kier molecular flexibility index (Phi) is 2.76. The van der Waals surface area contributed by atoms with Gasteiger partial charge in [0.1, 0.15) is 4.83 Å². The van der Waals surface area contributed by atoms with E-state index in [1.165, 1.54) is 24.1 Å². The number of hydrogen-bond donors (Lipinski definition) is 0. The summed E-state index contributed by atoms with van der Waals surface area (Å²) >= 11 is 1.81. The molecule has 0 spiro atoms. The number of pyridine rings is 1. The van der Waals surface area contributed by atoms with Gasteiger partial charge in [-0.15, -0.1) is 11.3 Å². The van der Waals surface area contributed by atoms with Crippen LogP contribution in [0, 0.1) is 0 Å². The maximum absolute atomic E-state index is 4.76. The highest BCUT2D eigenvalue weighted by Crippen LogP contribution is 2.41. The predicted molar refractivity (Wildman–Crippen MR) is 91.5 cm³/mol. The summed E-state index contributed by atoms with van der Waals surface area (Å²) in [6, 6.07) is 4.31. The van der Waals surface area contributed by atoms with Crippen LogP contribution in [0.1, 0.15) is 30.1 Å². The van der Waals surface area contributed by atoms with Gasteiger partial charge in [0.25, 0.3) is 0 Å². The fraction of sp³-hybridized carbons (Fsp3) is 0.294. The number of thiophene rings is 1. The number of fused-ring (bicyclic) bond motifs is 2. The molecule has 5 rings (SSSR count). The van der Waals surface area contributed by atoms with Crippen molar-refractivity contribution >= 4 is 32.6 Å². The van der Waals surface area contributed by atoms with E-state index in [2.05, 4.69) is 27.2 Å². The molecule has 0 aliphatic heterocycles. The van der Waals surface area contributed by atoms with Crippen molar-refractivity contribution in [2.45, 2.75) is 25.2 Å². The first-order chi connectivity index (χ1) is 11.3. The van der Waals surface area contributed by atoms with Crippen LogP contribution >= 0.6 is 11.3 Å². The lowest BCUT2D eigenvalue weighted by atomic mass is 9.84. The Morgan fingerprint density at radius 2 is 2.04 bits per heavy atom. The van der Waals surface area contributed by atoms with Gasteiger partial charge in [-0.05, 0) is 30.9 Å². The number of rotatable bonds is 2. The van der Waals surface area contributed by atoms with E-state index in [0.29, 0.717) is 0 Å². The predicted octanol–water partition coefficient (Wildman–Crippen LogP) is 3.91. The van der Waals surface area contributed by atoms with Gasteiger partial charge in [-0.1, -0.05) is 6.42 Å². The maximum Gasteiger partial charge on any atom is 0.181 e. The second kappa shape index (κ2) is 4.83. The van der Waals surface area contributed by atoms with E-state index in [1.54, 1.807) is 10.9 Å². The average molecular weight is 321 g/mol. The first-order valence-corrected chi connectivity index (χ1v) is 8.64. The van der Waals surface area contributed by atoms with E-state index < -0.39 is 0 Å². The van der Waals surface area contributed by atoms with Crippen molar-refractivity contribution in [3.8, 4) is 11.4 Å². The van der Waals surface area contributed by atoms with Gasteiger partial charge in [-0.25, -0.2) is 15.0 Å². The van der Waals surface area contributed by atoms with Crippen LogP contribution in [0.25, 0.3) is 32.6 Å². The van der Waals surface area contributed by atoms with Crippen LogP contribution in [0.3, 0.4) is 0 Å². The first-order valence-electron chi connectivity index (χ1n) is 7.82. The van der Waals surface area contributed by atoms with Gasteiger partial charge in [-0.2, -0.15) is 5.10 Å². The zero-order valence-corrected chi connectivity index (χ0v) is 13.5. The number of nitrogens with zero attached hydrogens (tertiary/aromatic N) is 5. The summed E-state index contributed by atoms with van der Waals surface area (Å²) in [6.45, 7) is 0. The molecule has 1 aliphatic carbocycles. The molecule has 0 saturated heterocycles. The van der Waals surface area contributed by atoms with Crippen molar-refractivity contribution < 1.29 is 0 Å². The first kappa shape index (κ1) is 13.1. The number of aromatic nitrogens is 5. The fourth-order valence-corrected chi connectivity index (χ4v) is 4.21. The van der Waals surface area contributed by atoms with E-state index >= 15 is 0 Å². The van der Waals surface area contributed by atoms with E-state index in [0.717, 1.165) is 38.6 Å². The molecule has 0 bridgehead atoms. The summed E-state index contributed by atoms with van der Waals surface area (Å²) in [5.74, 6) is 1.48. The molecule has 4 heterocycles. The highest BCUT2D eigenvalue weighted by Gasteiger charge is 2.22. The maximum atomic E-state index is 4.76. The lowest BCUT2D eigenvalue weighted by Crippen LogP contribution is -2.06. The Bertz CT molecular complexity index is 1030. The molecule has 114 valence electrons. The Morgan fingerprint density at radius 1 is 1.13 bits per heavy atom. The van der Waals surface area contributed by atoms with Crippen LogP contribution in [0.4, 0.5) is 0 Å². The van der Waals surface area contributed by atoms with Gasteiger partial charge in [-0.3, -0.25) is 4.68 Å². The second-order valence-corrected chi connectivity index (χ2v) is 7.23. The molecule has 0 amide bonds. The van der Waals surface area contributed by atoms with Gasteiger partial charge in [0.2, 0.25) is 0 Å². The fourth-order valence-electron chi connectivity index (χ4n) is 3.04. The molecular weight excluding hydrogens is 306 g/mol. The van der Waals surface area contributed by atoms with Crippen LogP contribution in [-0.2, 0) is 7.05 Å². The molecule has 0 atom stereocenters. The van der Waals surface area contributed by atoms with Crippen molar-refractivity contribution in [2.24, 2.45) is 7.05 Å². The molecule has 0 aromatic carbocycles. The molecule has 23 heavy (non-hydrogen) atoms. The number of aryl methyl sites for hydroxylation is 1. The van der Waals surface area contributed by atoms with Gasteiger partial charge in [0.05, 0.1) is 0 Å². The van der Waals surface area contributed by atoms with E-state index in [1.807, 2.05) is 30.8 Å². The lowest BCUT2D eigenvalue weighted by Gasteiger charge is -2.23. The third kappa shape index (κ3) is 2.13. The normalized spacial score (nSPS) is 15.3. The number of hydrogen-bond acceptors (Lipinski definition) is 5. The van der Waals surface area contributed by atoms with Gasteiger partial charge in [0.15, 0.2) is 11.5 Å². The average Bonchev–Trinajstić information content (AvgIpc) is 3.05. The van der Waals surface area contributed by atoms with Crippen molar-refractivity contribution in [3.05, 3.63) is 35.6 Å². The van der Waals surface area contributed by atoms with Crippen molar-refractivity contribution in [1.29, 1.82) is 0 Å². The van der Waals surface area contributed by atoms with Crippen LogP contribution in [0.15, 0.2) is 30.7 Å². The summed E-state index contributed by atoms with van der Waals surface area (Å²) in [5, 5.41) is 6.46. The molecule has 1 saturated carbocycles.